The molecule has 0 bridgehead atoms. The van der Waals surface area contributed by atoms with Crippen molar-refractivity contribution in [2.45, 2.75) is 25.6 Å². The van der Waals surface area contributed by atoms with Gasteiger partial charge in [0.25, 0.3) is 5.91 Å². The zero-order valence-electron chi connectivity index (χ0n) is 9.86. The van der Waals surface area contributed by atoms with Crippen molar-refractivity contribution in [3.8, 4) is 0 Å². The molecule has 0 aliphatic carbocycles. The summed E-state index contributed by atoms with van der Waals surface area (Å²) in [6.07, 6.45) is -4.42. The second-order valence-corrected chi connectivity index (χ2v) is 3.90. The van der Waals surface area contributed by atoms with Gasteiger partial charge in [-0.1, -0.05) is 0 Å². The Morgan fingerprint density at radius 1 is 1.47 bits per heavy atom. The van der Waals surface area contributed by atoms with Crippen LogP contribution in [0.2, 0.25) is 0 Å². The van der Waals surface area contributed by atoms with Crippen LogP contribution >= 0.6 is 0 Å². The van der Waals surface area contributed by atoms with Gasteiger partial charge in [0.05, 0.1) is 12.0 Å². The zero-order chi connectivity index (χ0) is 14.6. The summed E-state index contributed by atoms with van der Waals surface area (Å²) in [6.45, 7) is 1.18. The normalized spacial score (nSPS) is 12.8. The van der Waals surface area contributed by atoms with Crippen molar-refractivity contribution in [1.29, 1.82) is 0 Å². The number of carboxylic acid groups (broad SMARTS) is 1. The molecule has 2 N–H and O–H groups in total. The minimum Gasteiger partial charge on any atom is -0.478 e. The van der Waals surface area contributed by atoms with E-state index in [1.54, 1.807) is 0 Å². The molecule has 1 amide bonds. The van der Waals surface area contributed by atoms with E-state index in [4.69, 9.17) is 5.11 Å². The highest BCUT2D eigenvalue weighted by Gasteiger charge is 2.31. The first-order valence-electron chi connectivity index (χ1n) is 5.26. The van der Waals surface area contributed by atoms with Gasteiger partial charge in [0.2, 0.25) is 0 Å². The van der Waals surface area contributed by atoms with Crippen molar-refractivity contribution in [3.05, 3.63) is 29.6 Å². The fourth-order valence-corrected chi connectivity index (χ4v) is 1.45. The molecule has 5 nitrogen and oxygen atoms in total. The Labute approximate surface area is 106 Å². The molecule has 1 rings (SSSR count). The van der Waals surface area contributed by atoms with Crippen molar-refractivity contribution < 1.29 is 27.9 Å². The molecule has 0 aliphatic rings. The first-order chi connectivity index (χ1) is 8.70. The third kappa shape index (κ3) is 4.57. The molecule has 0 aliphatic heterocycles. The highest BCUT2D eigenvalue weighted by Crippen LogP contribution is 2.21. The van der Waals surface area contributed by atoms with Crippen molar-refractivity contribution in [1.82, 2.24) is 10.3 Å². The molecule has 0 radical (unpaired) electrons. The molecule has 104 valence electrons. The topological polar surface area (TPSA) is 79.3 Å². The van der Waals surface area contributed by atoms with Crippen LogP contribution < -0.4 is 5.32 Å². The predicted molar refractivity (Wildman–Crippen MR) is 58.8 cm³/mol. The van der Waals surface area contributed by atoms with E-state index in [9.17, 15) is 22.8 Å². The highest BCUT2D eigenvalue weighted by atomic mass is 19.4. The molecule has 1 aromatic heterocycles. The van der Waals surface area contributed by atoms with Crippen molar-refractivity contribution >= 4 is 11.9 Å². The van der Waals surface area contributed by atoms with Crippen LogP contribution in [-0.2, 0) is 0 Å². The minimum atomic E-state index is -4.41. The van der Waals surface area contributed by atoms with Gasteiger partial charge in [0.1, 0.15) is 5.69 Å². The van der Waals surface area contributed by atoms with Gasteiger partial charge in [0, 0.05) is 12.2 Å². The van der Waals surface area contributed by atoms with Gasteiger partial charge < -0.3 is 10.4 Å². The van der Waals surface area contributed by atoms with Crippen molar-refractivity contribution in [2.24, 2.45) is 0 Å². The van der Waals surface area contributed by atoms with E-state index in [2.05, 4.69) is 10.3 Å². The van der Waals surface area contributed by atoms with Crippen LogP contribution in [0.15, 0.2) is 18.3 Å². The third-order valence-electron chi connectivity index (χ3n) is 2.17. The van der Waals surface area contributed by atoms with Crippen LogP contribution in [-0.4, -0.2) is 34.2 Å². The van der Waals surface area contributed by atoms with Crippen LogP contribution in [0.5, 0.6) is 0 Å². The Balaban J connectivity index is 2.82. The maximum atomic E-state index is 12.1. The summed E-state index contributed by atoms with van der Waals surface area (Å²) in [5, 5.41) is 10.9. The van der Waals surface area contributed by atoms with Crippen LogP contribution in [0, 0.1) is 0 Å². The maximum Gasteiger partial charge on any atom is 0.391 e. The summed E-state index contributed by atoms with van der Waals surface area (Å²) >= 11 is 0. The number of alkyl halides is 3. The van der Waals surface area contributed by atoms with Crippen LogP contribution in [0.25, 0.3) is 0 Å². The summed E-state index contributed by atoms with van der Waals surface area (Å²) in [7, 11) is 0. The molecule has 1 unspecified atom stereocenters. The van der Waals surface area contributed by atoms with Crippen molar-refractivity contribution in [3.63, 3.8) is 0 Å². The number of rotatable bonds is 4. The molecular formula is C11H11F3N2O3. The van der Waals surface area contributed by atoms with E-state index in [0.29, 0.717) is 0 Å². The Morgan fingerprint density at radius 3 is 2.63 bits per heavy atom. The van der Waals surface area contributed by atoms with Gasteiger partial charge in [-0.15, -0.1) is 0 Å². The fraction of sp³-hybridized carbons (Fsp3) is 0.364. The summed E-state index contributed by atoms with van der Waals surface area (Å²) in [4.78, 5) is 26.1. The van der Waals surface area contributed by atoms with E-state index in [0.717, 1.165) is 6.07 Å². The number of pyridine rings is 1. The quantitative estimate of drug-likeness (QED) is 0.879. The number of carboxylic acids is 1. The molecular weight excluding hydrogens is 265 g/mol. The summed E-state index contributed by atoms with van der Waals surface area (Å²) in [5.74, 6) is -2.32. The lowest BCUT2D eigenvalue weighted by Gasteiger charge is -2.15. The van der Waals surface area contributed by atoms with E-state index in [-0.39, 0.29) is 5.56 Å². The SMILES string of the molecule is CC(CC(F)(F)F)NC(=O)c1ncccc1C(=O)O. The molecule has 0 saturated carbocycles. The van der Waals surface area contributed by atoms with Gasteiger partial charge in [-0.25, -0.2) is 4.79 Å². The number of nitrogens with zero attached hydrogens (tertiary/aromatic N) is 1. The number of hydrogen-bond donors (Lipinski definition) is 2. The molecule has 0 saturated heterocycles. The summed E-state index contributed by atoms with van der Waals surface area (Å²) < 4.78 is 36.3. The maximum absolute atomic E-state index is 12.1. The zero-order valence-corrected chi connectivity index (χ0v) is 9.86. The number of halogens is 3. The van der Waals surface area contributed by atoms with E-state index in [1.807, 2.05) is 0 Å². The number of amides is 1. The smallest absolute Gasteiger partial charge is 0.391 e. The Bertz CT molecular complexity index is 488. The van der Waals surface area contributed by atoms with Crippen LogP contribution in [0.1, 0.15) is 34.2 Å². The number of nitrogens with one attached hydrogen (secondary N) is 1. The van der Waals surface area contributed by atoms with Crippen LogP contribution in [0.4, 0.5) is 13.2 Å². The molecule has 1 aromatic rings. The van der Waals surface area contributed by atoms with Gasteiger partial charge in [0.15, 0.2) is 0 Å². The van der Waals surface area contributed by atoms with Gasteiger partial charge >= 0.3 is 12.1 Å². The van der Waals surface area contributed by atoms with Gasteiger partial charge in [-0.05, 0) is 19.1 Å². The van der Waals surface area contributed by atoms with Crippen molar-refractivity contribution in [2.75, 3.05) is 0 Å². The lowest BCUT2D eigenvalue weighted by atomic mass is 10.1. The number of hydrogen-bond acceptors (Lipinski definition) is 3. The summed E-state index contributed by atoms with van der Waals surface area (Å²) in [6, 6.07) is 1.30. The molecule has 1 atom stereocenters. The minimum absolute atomic E-state index is 0.362. The lowest BCUT2D eigenvalue weighted by molar-refractivity contribution is -0.138. The Hall–Kier alpha value is -2.12. The number of aromatic carboxylic acids is 1. The van der Waals surface area contributed by atoms with E-state index in [1.165, 1.54) is 19.2 Å². The van der Waals surface area contributed by atoms with E-state index < -0.39 is 36.2 Å². The Kier molecular flexibility index (Phi) is 4.47. The number of aromatic nitrogens is 1. The number of carbonyl (C=O) groups is 2. The Morgan fingerprint density at radius 2 is 2.11 bits per heavy atom. The van der Waals surface area contributed by atoms with Gasteiger partial charge in [-0.3, -0.25) is 9.78 Å². The third-order valence-corrected chi connectivity index (χ3v) is 2.17. The first kappa shape index (κ1) is 14.9. The fourth-order valence-electron chi connectivity index (χ4n) is 1.45. The molecule has 1 heterocycles. The average Bonchev–Trinajstić information content (AvgIpc) is 2.26. The lowest BCUT2D eigenvalue weighted by Crippen LogP contribution is -2.37. The first-order valence-corrected chi connectivity index (χ1v) is 5.26. The van der Waals surface area contributed by atoms with Crippen LogP contribution in [0.3, 0.4) is 0 Å². The molecule has 0 aromatic carbocycles. The molecule has 19 heavy (non-hydrogen) atoms. The standard InChI is InChI=1S/C11H11F3N2O3/c1-6(5-11(12,13)14)16-9(17)8-7(10(18)19)3-2-4-15-8/h2-4,6H,5H2,1H3,(H,16,17)(H,18,19). The average molecular weight is 276 g/mol. The second-order valence-electron chi connectivity index (χ2n) is 3.90. The summed E-state index contributed by atoms with van der Waals surface area (Å²) in [5.41, 5.74) is -0.775. The predicted octanol–water partition coefficient (Wildman–Crippen LogP) is 1.85. The molecule has 0 fully saturated rings. The molecule has 0 spiro atoms. The monoisotopic (exact) mass is 276 g/mol. The largest absolute Gasteiger partial charge is 0.478 e. The van der Waals surface area contributed by atoms with Gasteiger partial charge in [-0.2, -0.15) is 13.2 Å². The highest BCUT2D eigenvalue weighted by molar-refractivity contribution is 6.03. The molecule has 8 heteroatoms. The number of carbonyl (C=O) groups excluding carboxylic acids is 1. The van der Waals surface area contributed by atoms with E-state index >= 15 is 0 Å². The second kappa shape index (κ2) is 5.68.